The van der Waals surface area contributed by atoms with Crippen LogP contribution >= 0.6 is 0 Å². The largest absolute Gasteiger partial charge is 0.497 e. The van der Waals surface area contributed by atoms with E-state index in [9.17, 15) is 0 Å². The van der Waals surface area contributed by atoms with Gasteiger partial charge in [0.15, 0.2) is 0 Å². The molecular weight excluding hydrogens is 336 g/mol. The van der Waals surface area contributed by atoms with Crippen molar-refractivity contribution >= 4 is 11.3 Å². The normalized spacial score (nSPS) is 17.7. The standard InChI is InChI=1S/C23H34N2O2/c1-7-25(8-2)13-14-27-24-21-15-20(16-23(4,5)17-21)18(3)19-9-11-22(26-6)12-10-19/h9-12,15H,3,7-8,13-14,16-17H2,1-2,4-6H3/b24-21-. The van der Waals surface area contributed by atoms with Crippen LogP contribution in [0.2, 0.25) is 0 Å². The molecule has 0 radical (unpaired) electrons. The quantitative estimate of drug-likeness (QED) is 0.444. The number of rotatable bonds is 9. The molecule has 1 aliphatic carbocycles. The van der Waals surface area contributed by atoms with Crippen molar-refractivity contribution in [1.82, 2.24) is 4.90 Å². The maximum absolute atomic E-state index is 5.62. The van der Waals surface area contributed by atoms with Gasteiger partial charge in [-0.05, 0) is 66.3 Å². The van der Waals surface area contributed by atoms with Gasteiger partial charge in [0.25, 0.3) is 0 Å². The van der Waals surface area contributed by atoms with Crippen molar-refractivity contribution in [2.45, 2.75) is 40.5 Å². The summed E-state index contributed by atoms with van der Waals surface area (Å²) in [6, 6.07) is 8.06. The minimum absolute atomic E-state index is 0.139. The van der Waals surface area contributed by atoms with Crippen molar-refractivity contribution < 1.29 is 9.57 Å². The van der Waals surface area contributed by atoms with Crippen molar-refractivity contribution in [1.29, 1.82) is 0 Å². The summed E-state index contributed by atoms with van der Waals surface area (Å²) >= 11 is 0. The molecule has 0 spiro atoms. The molecule has 0 saturated heterocycles. The van der Waals surface area contributed by atoms with E-state index in [4.69, 9.17) is 9.57 Å². The van der Waals surface area contributed by atoms with Crippen LogP contribution in [-0.4, -0.2) is 44.0 Å². The zero-order valence-electron chi connectivity index (χ0n) is 17.5. The van der Waals surface area contributed by atoms with Gasteiger partial charge < -0.3 is 14.5 Å². The number of oxime groups is 1. The number of ether oxygens (including phenoxy) is 1. The van der Waals surface area contributed by atoms with Crippen molar-refractivity contribution in [3.8, 4) is 5.75 Å². The van der Waals surface area contributed by atoms with Crippen molar-refractivity contribution in [2.24, 2.45) is 10.6 Å². The predicted molar refractivity (Wildman–Crippen MR) is 114 cm³/mol. The van der Waals surface area contributed by atoms with Gasteiger partial charge in [-0.15, -0.1) is 0 Å². The highest BCUT2D eigenvalue weighted by atomic mass is 16.6. The molecule has 1 aromatic carbocycles. The van der Waals surface area contributed by atoms with E-state index < -0.39 is 0 Å². The molecule has 2 rings (SSSR count). The molecule has 1 aromatic rings. The lowest BCUT2D eigenvalue weighted by Gasteiger charge is -2.31. The minimum Gasteiger partial charge on any atom is -0.497 e. The molecule has 0 bridgehead atoms. The summed E-state index contributed by atoms with van der Waals surface area (Å²) in [6.45, 7) is 16.8. The van der Waals surface area contributed by atoms with E-state index in [1.165, 1.54) is 5.57 Å². The Morgan fingerprint density at radius 1 is 1.15 bits per heavy atom. The summed E-state index contributed by atoms with van der Waals surface area (Å²) in [5.41, 5.74) is 4.52. The molecule has 0 unspecified atom stereocenters. The Morgan fingerprint density at radius 2 is 1.81 bits per heavy atom. The van der Waals surface area contributed by atoms with Crippen LogP contribution in [0.5, 0.6) is 5.75 Å². The van der Waals surface area contributed by atoms with Crippen LogP contribution in [0.15, 0.2) is 47.6 Å². The monoisotopic (exact) mass is 370 g/mol. The average molecular weight is 371 g/mol. The van der Waals surface area contributed by atoms with E-state index in [0.29, 0.717) is 6.61 Å². The second-order valence-corrected chi connectivity index (χ2v) is 7.84. The Bertz CT molecular complexity index is 683. The summed E-state index contributed by atoms with van der Waals surface area (Å²) in [7, 11) is 1.68. The second-order valence-electron chi connectivity index (χ2n) is 7.84. The number of hydrogen-bond donors (Lipinski definition) is 0. The number of hydrogen-bond acceptors (Lipinski definition) is 4. The van der Waals surface area contributed by atoms with Crippen LogP contribution in [0.25, 0.3) is 5.57 Å². The maximum atomic E-state index is 5.62. The van der Waals surface area contributed by atoms with Crippen LogP contribution in [0, 0.1) is 5.41 Å². The molecule has 1 aliphatic rings. The molecule has 27 heavy (non-hydrogen) atoms. The molecule has 0 saturated carbocycles. The van der Waals surface area contributed by atoms with Crippen LogP contribution < -0.4 is 4.74 Å². The van der Waals surface area contributed by atoms with E-state index in [2.05, 4.69) is 62.5 Å². The van der Waals surface area contributed by atoms with E-state index in [1.54, 1.807) is 7.11 Å². The minimum atomic E-state index is 0.139. The van der Waals surface area contributed by atoms with Gasteiger partial charge in [0, 0.05) is 6.54 Å². The molecule has 0 aliphatic heterocycles. The van der Waals surface area contributed by atoms with E-state index in [-0.39, 0.29) is 5.41 Å². The van der Waals surface area contributed by atoms with Gasteiger partial charge in [-0.25, -0.2) is 0 Å². The second kappa shape index (κ2) is 9.75. The molecule has 0 N–H and O–H groups in total. The summed E-state index contributed by atoms with van der Waals surface area (Å²) in [6.07, 6.45) is 4.04. The lowest BCUT2D eigenvalue weighted by atomic mass is 9.74. The molecule has 0 amide bonds. The average Bonchev–Trinajstić information content (AvgIpc) is 2.66. The van der Waals surface area contributed by atoms with Crippen LogP contribution in [0.3, 0.4) is 0 Å². The van der Waals surface area contributed by atoms with Crippen molar-refractivity contribution in [2.75, 3.05) is 33.4 Å². The predicted octanol–water partition coefficient (Wildman–Crippen LogP) is 5.17. The fraction of sp³-hybridized carbons (Fsp3) is 0.522. The Balaban J connectivity index is 2.09. The summed E-state index contributed by atoms with van der Waals surface area (Å²) in [4.78, 5) is 7.95. The third-order valence-electron chi connectivity index (χ3n) is 5.07. The third kappa shape index (κ3) is 6.24. The number of allylic oxidation sites excluding steroid dienone is 3. The number of methoxy groups -OCH3 is 1. The van der Waals surface area contributed by atoms with Crippen LogP contribution in [-0.2, 0) is 4.84 Å². The maximum Gasteiger partial charge on any atom is 0.129 e. The lowest BCUT2D eigenvalue weighted by molar-refractivity contribution is 0.113. The first kappa shape index (κ1) is 21.2. The fourth-order valence-electron chi connectivity index (χ4n) is 3.44. The Hall–Kier alpha value is -2.07. The van der Waals surface area contributed by atoms with Crippen molar-refractivity contribution in [3.63, 3.8) is 0 Å². The molecule has 0 atom stereocenters. The SMILES string of the molecule is C=C(C1=C/C(=N/OCCN(CC)CC)CC(C)(C)C1)c1ccc(OC)cc1. The van der Waals surface area contributed by atoms with Crippen LogP contribution in [0.1, 0.15) is 46.1 Å². The Labute approximate surface area is 164 Å². The summed E-state index contributed by atoms with van der Waals surface area (Å²) < 4.78 is 5.25. The first-order valence-electron chi connectivity index (χ1n) is 9.84. The number of benzene rings is 1. The topological polar surface area (TPSA) is 34.1 Å². The Morgan fingerprint density at radius 3 is 2.41 bits per heavy atom. The fourth-order valence-corrected chi connectivity index (χ4v) is 3.44. The summed E-state index contributed by atoms with van der Waals surface area (Å²) in [5.74, 6) is 0.855. The van der Waals surface area contributed by atoms with Gasteiger partial charge in [-0.1, -0.05) is 51.6 Å². The van der Waals surface area contributed by atoms with E-state index in [1.807, 2.05) is 12.1 Å². The highest BCUT2D eigenvalue weighted by Gasteiger charge is 2.28. The molecule has 0 fully saturated rings. The molecule has 4 heteroatoms. The Kier molecular flexibility index (Phi) is 7.66. The lowest BCUT2D eigenvalue weighted by Crippen LogP contribution is -2.27. The van der Waals surface area contributed by atoms with Gasteiger partial charge in [0.1, 0.15) is 12.4 Å². The van der Waals surface area contributed by atoms with Crippen LogP contribution in [0.4, 0.5) is 0 Å². The zero-order valence-corrected chi connectivity index (χ0v) is 17.5. The smallest absolute Gasteiger partial charge is 0.129 e. The molecule has 0 aromatic heterocycles. The molecular formula is C23H34N2O2. The van der Waals surface area contributed by atoms with Gasteiger partial charge in [-0.2, -0.15) is 0 Å². The van der Waals surface area contributed by atoms with E-state index >= 15 is 0 Å². The van der Waals surface area contributed by atoms with E-state index in [0.717, 1.165) is 55.1 Å². The first-order chi connectivity index (χ1) is 12.9. The van der Waals surface area contributed by atoms with Gasteiger partial charge in [0.05, 0.1) is 12.8 Å². The van der Waals surface area contributed by atoms with Gasteiger partial charge in [0.2, 0.25) is 0 Å². The molecule has 148 valence electrons. The first-order valence-corrected chi connectivity index (χ1v) is 9.84. The van der Waals surface area contributed by atoms with Gasteiger partial charge >= 0.3 is 0 Å². The summed E-state index contributed by atoms with van der Waals surface area (Å²) in [5, 5.41) is 4.43. The third-order valence-corrected chi connectivity index (χ3v) is 5.07. The number of likely N-dealkylation sites (N-methyl/N-ethyl adjacent to an activating group) is 1. The van der Waals surface area contributed by atoms with Gasteiger partial charge in [-0.3, -0.25) is 0 Å². The molecule has 4 nitrogen and oxygen atoms in total. The van der Waals surface area contributed by atoms with Crippen molar-refractivity contribution in [3.05, 3.63) is 48.1 Å². The zero-order chi connectivity index (χ0) is 19.9. The highest BCUT2D eigenvalue weighted by molar-refractivity contribution is 6.00. The molecule has 0 heterocycles. The number of nitrogens with zero attached hydrogens (tertiary/aromatic N) is 2. The highest BCUT2D eigenvalue weighted by Crippen LogP contribution is 2.39.